The van der Waals surface area contributed by atoms with Gasteiger partial charge in [0.05, 0.1) is 11.4 Å². The van der Waals surface area contributed by atoms with Gasteiger partial charge in [0.2, 0.25) is 0 Å². The molecule has 0 saturated heterocycles. The number of benzene rings is 1. The molecule has 0 amide bonds. The molecule has 6 heteroatoms. The van der Waals surface area contributed by atoms with E-state index >= 15 is 0 Å². The molecule has 0 radical (unpaired) electrons. The maximum absolute atomic E-state index is 13.1. The van der Waals surface area contributed by atoms with Crippen LogP contribution in [0.15, 0.2) is 57.6 Å². The van der Waals surface area contributed by atoms with Crippen molar-refractivity contribution in [3.05, 3.63) is 75.3 Å². The van der Waals surface area contributed by atoms with Gasteiger partial charge in [-0.3, -0.25) is 9.78 Å². The van der Waals surface area contributed by atoms with Crippen LogP contribution in [0.1, 0.15) is 36.6 Å². The van der Waals surface area contributed by atoms with Gasteiger partial charge in [-0.2, -0.15) is 0 Å². The molecule has 3 aromatic rings. The summed E-state index contributed by atoms with van der Waals surface area (Å²) in [6.07, 6.45) is 5.08. The Balaban J connectivity index is 2.20. The fourth-order valence-electron chi connectivity index (χ4n) is 3.20. The van der Waals surface area contributed by atoms with Crippen molar-refractivity contribution in [2.75, 3.05) is 0 Å². The number of nitrogens with two attached hydrogens (primary N) is 1. The van der Waals surface area contributed by atoms with Crippen molar-refractivity contribution in [1.82, 2.24) is 10.3 Å². The van der Waals surface area contributed by atoms with Crippen LogP contribution in [0.2, 0.25) is 0 Å². The quantitative estimate of drug-likeness (QED) is 0.508. The molecule has 0 bridgehead atoms. The molecule has 0 aliphatic heterocycles. The molecule has 0 spiro atoms. The predicted molar refractivity (Wildman–Crippen MR) is 117 cm³/mol. The van der Waals surface area contributed by atoms with E-state index in [0.717, 1.165) is 16.7 Å². The summed E-state index contributed by atoms with van der Waals surface area (Å²) in [5, 5.41) is 3.80. The van der Waals surface area contributed by atoms with Gasteiger partial charge in [0.1, 0.15) is 16.3 Å². The smallest absolute Gasteiger partial charge is 0.196 e. The van der Waals surface area contributed by atoms with E-state index in [4.69, 9.17) is 22.4 Å². The van der Waals surface area contributed by atoms with Crippen LogP contribution in [0.3, 0.4) is 0 Å². The number of allylic oxidation sites excluding steroid dienone is 1. The van der Waals surface area contributed by atoms with Crippen LogP contribution < -0.4 is 16.5 Å². The van der Waals surface area contributed by atoms with E-state index in [2.05, 4.69) is 10.3 Å². The van der Waals surface area contributed by atoms with Gasteiger partial charge in [-0.25, -0.2) is 0 Å². The highest BCUT2D eigenvalue weighted by Crippen LogP contribution is 2.30. The zero-order valence-corrected chi connectivity index (χ0v) is 17.2. The molecule has 0 aliphatic carbocycles. The first kappa shape index (κ1) is 19.8. The zero-order valence-electron chi connectivity index (χ0n) is 16.4. The third-order valence-electron chi connectivity index (χ3n) is 4.50. The minimum Gasteiger partial charge on any atom is -0.455 e. The van der Waals surface area contributed by atoms with Gasteiger partial charge in [-0.1, -0.05) is 18.3 Å². The van der Waals surface area contributed by atoms with Crippen LogP contribution in [0.25, 0.3) is 22.3 Å². The van der Waals surface area contributed by atoms with Gasteiger partial charge < -0.3 is 15.5 Å². The summed E-state index contributed by atoms with van der Waals surface area (Å²) < 4.78 is 6.27. The lowest BCUT2D eigenvalue weighted by molar-refractivity contribution is 0.597. The molecule has 0 saturated carbocycles. The molecule has 28 heavy (non-hydrogen) atoms. The van der Waals surface area contributed by atoms with Gasteiger partial charge in [0.25, 0.3) is 0 Å². The molecule has 5 nitrogen and oxygen atoms in total. The lowest BCUT2D eigenvalue weighted by Gasteiger charge is -2.18. The number of rotatable bonds is 4. The molecular weight excluding hydrogens is 370 g/mol. The number of pyridine rings is 1. The van der Waals surface area contributed by atoms with Crippen LogP contribution in [-0.2, 0) is 0 Å². The zero-order chi connectivity index (χ0) is 20.4. The number of thiocarbonyl (C=S) groups is 1. The first-order valence-electron chi connectivity index (χ1n) is 9.00. The van der Waals surface area contributed by atoms with Crippen LogP contribution in [-0.4, -0.2) is 9.97 Å². The van der Waals surface area contributed by atoms with Crippen molar-refractivity contribution < 1.29 is 4.42 Å². The van der Waals surface area contributed by atoms with Gasteiger partial charge in [-0.05, 0) is 57.5 Å². The average Bonchev–Trinajstić information content (AvgIpc) is 2.64. The molecule has 1 aromatic carbocycles. The van der Waals surface area contributed by atoms with Crippen LogP contribution in [0.5, 0.6) is 0 Å². The summed E-state index contributed by atoms with van der Waals surface area (Å²) in [4.78, 5) is 17.7. The van der Waals surface area contributed by atoms with Crippen molar-refractivity contribution in [2.24, 2.45) is 5.73 Å². The Labute approximate surface area is 169 Å². The second-order valence-electron chi connectivity index (χ2n) is 6.98. The summed E-state index contributed by atoms with van der Waals surface area (Å²) in [6, 6.07) is 7.40. The maximum Gasteiger partial charge on any atom is 0.196 e. The van der Waals surface area contributed by atoms with Crippen molar-refractivity contribution in [3.63, 3.8) is 0 Å². The second kappa shape index (κ2) is 7.94. The van der Waals surface area contributed by atoms with E-state index < -0.39 is 0 Å². The Morgan fingerprint density at radius 1 is 1.36 bits per heavy atom. The second-order valence-corrected chi connectivity index (χ2v) is 7.42. The number of aromatic nitrogens is 1. The number of hydrogen-bond acceptors (Lipinski definition) is 5. The summed E-state index contributed by atoms with van der Waals surface area (Å²) in [6.45, 7) is 7.50. The molecule has 3 N–H and O–H groups in total. The minimum absolute atomic E-state index is 0.0440. The SMILES string of the molecule is CC(N)=CC(=S)N[C@H](C)c1cc(C)cc2c(=O)c(C)c(-c3cccnc3)oc12. The number of aryl methyl sites for hydroxylation is 1. The normalized spacial score (nSPS) is 12.8. The van der Waals surface area contributed by atoms with Gasteiger partial charge in [0.15, 0.2) is 5.43 Å². The molecule has 2 aromatic heterocycles. The Bertz CT molecular complexity index is 1130. The first-order valence-corrected chi connectivity index (χ1v) is 9.41. The Morgan fingerprint density at radius 2 is 2.11 bits per heavy atom. The average molecular weight is 394 g/mol. The lowest BCUT2D eigenvalue weighted by Crippen LogP contribution is -2.24. The largest absolute Gasteiger partial charge is 0.455 e. The molecule has 0 unspecified atom stereocenters. The third-order valence-corrected chi connectivity index (χ3v) is 4.74. The number of fused-ring (bicyclic) bond motifs is 1. The Kier molecular flexibility index (Phi) is 5.61. The third kappa shape index (κ3) is 3.97. The van der Waals surface area contributed by atoms with Gasteiger partial charge in [-0.15, -0.1) is 0 Å². The molecule has 2 heterocycles. The topological polar surface area (TPSA) is 81.1 Å². The van der Waals surface area contributed by atoms with Crippen LogP contribution >= 0.6 is 12.2 Å². The van der Waals surface area contributed by atoms with Crippen molar-refractivity contribution in [3.8, 4) is 11.3 Å². The van der Waals surface area contributed by atoms with E-state index in [1.165, 1.54) is 0 Å². The number of nitrogens with zero attached hydrogens (tertiary/aromatic N) is 1. The standard InChI is InChI=1S/C22H23N3O2S/c1-12-8-17(15(4)25-19(28)10-13(2)23)22-18(9-12)20(26)14(3)21(27-22)16-6-5-7-24-11-16/h5-11,15H,23H2,1-4H3,(H,25,28)/t15-/m1/s1. The molecule has 0 aliphatic rings. The van der Waals surface area contributed by atoms with E-state index in [0.29, 0.717) is 33.0 Å². The number of hydrogen-bond donors (Lipinski definition) is 2. The van der Waals surface area contributed by atoms with Gasteiger partial charge in [0, 0.05) is 34.8 Å². The fourth-order valence-corrected chi connectivity index (χ4v) is 3.56. The monoisotopic (exact) mass is 393 g/mol. The van der Waals surface area contributed by atoms with Crippen LogP contribution in [0, 0.1) is 13.8 Å². The molecule has 0 fully saturated rings. The van der Waals surface area contributed by atoms with E-state index in [1.807, 2.05) is 38.1 Å². The highest BCUT2D eigenvalue weighted by molar-refractivity contribution is 7.80. The fraction of sp³-hybridized carbons (Fsp3) is 0.227. The summed E-state index contributed by atoms with van der Waals surface area (Å²) in [7, 11) is 0. The Morgan fingerprint density at radius 3 is 2.75 bits per heavy atom. The van der Waals surface area contributed by atoms with E-state index in [-0.39, 0.29) is 11.5 Å². The van der Waals surface area contributed by atoms with E-state index in [9.17, 15) is 4.79 Å². The molecule has 1 atom stereocenters. The highest BCUT2D eigenvalue weighted by Gasteiger charge is 2.19. The summed E-state index contributed by atoms with van der Waals surface area (Å²) >= 11 is 5.34. The minimum atomic E-state index is -0.168. The summed E-state index contributed by atoms with van der Waals surface area (Å²) in [5.41, 5.74) is 10.0. The van der Waals surface area contributed by atoms with E-state index in [1.54, 1.807) is 32.3 Å². The summed E-state index contributed by atoms with van der Waals surface area (Å²) in [5.74, 6) is 0.531. The van der Waals surface area contributed by atoms with Gasteiger partial charge >= 0.3 is 0 Å². The molecular formula is C22H23N3O2S. The molecule has 3 rings (SSSR count). The predicted octanol–water partition coefficient (Wildman–Crippen LogP) is 4.31. The number of nitrogens with one attached hydrogen (secondary N) is 1. The highest BCUT2D eigenvalue weighted by atomic mass is 32.1. The molecule has 144 valence electrons. The van der Waals surface area contributed by atoms with Crippen molar-refractivity contribution in [2.45, 2.75) is 33.7 Å². The van der Waals surface area contributed by atoms with Crippen molar-refractivity contribution in [1.29, 1.82) is 0 Å². The van der Waals surface area contributed by atoms with Crippen LogP contribution in [0.4, 0.5) is 0 Å². The van der Waals surface area contributed by atoms with Crippen molar-refractivity contribution >= 4 is 28.2 Å². The first-order chi connectivity index (χ1) is 13.3. The Hall–Kier alpha value is -2.99. The lowest BCUT2D eigenvalue weighted by atomic mass is 9.99. The maximum atomic E-state index is 13.1.